The van der Waals surface area contributed by atoms with Gasteiger partial charge < -0.3 is 5.11 Å². The number of phenolic OH excluding ortho intramolecular Hbond substituents is 1. The van der Waals surface area contributed by atoms with Crippen LogP contribution in [0.2, 0.25) is 0 Å². The summed E-state index contributed by atoms with van der Waals surface area (Å²) in [5.41, 5.74) is -0.547. The second-order valence-electron chi connectivity index (χ2n) is 6.42. The van der Waals surface area contributed by atoms with Crippen LogP contribution < -0.4 is 0 Å². The standard InChI is InChI=1S/C18H17F4NO/c1-17(2,3)13-6-4-5-11(16(13)24)10-23-15-8-7-12(9-14(15)19)18(20,21)22/h4-10,24H,1-3H3. The summed E-state index contributed by atoms with van der Waals surface area (Å²) >= 11 is 0. The first-order valence-electron chi connectivity index (χ1n) is 7.23. The molecule has 0 aliphatic rings. The number of aliphatic imine (C=N–C) groups is 1. The number of halogens is 4. The summed E-state index contributed by atoms with van der Waals surface area (Å²) < 4.78 is 51.3. The van der Waals surface area contributed by atoms with Gasteiger partial charge in [0.1, 0.15) is 11.6 Å². The molecule has 0 saturated heterocycles. The van der Waals surface area contributed by atoms with Crippen LogP contribution in [-0.4, -0.2) is 11.3 Å². The van der Waals surface area contributed by atoms with Crippen molar-refractivity contribution in [2.24, 2.45) is 4.99 Å². The van der Waals surface area contributed by atoms with Gasteiger partial charge in [-0.15, -0.1) is 0 Å². The molecule has 6 heteroatoms. The number of hydrogen-bond donors (Lipinski definition) is 1. The molecule has 0 spiro atoms. The maximum atomic E-state index is 13.8. The second kappa shape index (κ2) is 6.26. The van der Waals surface area contributed by atoms with Gasteiger partial charge in [0.2, 0.25) is 0 Å². The summed E-state index contributed by atoms with van der Waals surface area (Å²) in [7, 11) is 0. The monoisotopic (exact) mass is 339 g/mol. The fourth-order valence-corrected chi connectivity index (χ4v) is 2.20. The molecule has 0 unspecified atom stereocenters. The Morgan fingerprint density at radius 3 is 2.25 bits per heavy atom. The zero-order chi connectivity index (χ0) is 18.1. The third-order valence-electron chi connectivity index (χ3n) is 3.49. The molecule has 0 amide bonds. The van der Waals surface area contributed by atoms with E-state index in [9.17, 15) is 22.7 Å². The van der Waals surface area contributed by atoms with E-state index in [-0.39, 0.29) is 16.9 Å². The van der Waals surface area contributed by atoms with Crippen molar-refractivity contribution < 1.29 is 22.7 Å². The highest BCUT2D eigenvalue weighted by molar-refractivity contribution is 5.86. The molecule has 2 rings (SSSR count). The molecule has 0 radical (unpaired) electrons. The topological polar surface area (TPSA) is 32.6 Å². The van der Waals surface area contributed by atoms with Gasteiger partial charge in [-0.1, -0.05) is 32.9 Å². The number of para-hydroxylation sites is 1. The SMILES string of the molecule is CC(C)(C)c1cccc(C=Nc2ccc(C(F)(F)F)cc2F)c1O. The van der Waals surface area contributed by atoms with Gasteiger partial charge in [-0.2, -0.15) is 13.2 Å². The maximum absolute atomic E-state index is 13.8. The van der Waals surface area contributed by atoms with Crippen molar-refractivity contribution in [2.75, 3.05) is 0 Å². The Labute approximate surface area is 137 Å². The van der Waals surface area contributed by atoms with Gasteiger partial charge in [0, 0.05) is 11.8 Å². The number of alkyl halides is 3. The minimum absolute atomic E-state index is 0.0149. The summed E-state index contributed by atoms with van der Waals surface area (Å²) in [5, 5.41) is 10.3. The van der Waals surface area contributed by atoms with Crippen molar-refractivity contribution in [1.82, 2.24) is 0 Å². The predicted octanol–water partition coefficient (Wildman–Crippen LogP) is 5.60. The van der Waals surface area contributed by atoms with Crippen molar-refractivity contribution in [3.63, 3.8) is 0 Å². The summed E-state index contributed by atoms with van der Waals surface area (Å²) in [6, 6.07) is 7.21. The zero-order valence-electron chi connectivity index (χ0n) is 13.4. The minimum Gasteiger partial charge on any atom is -0.507 e. The molecule has 0 saturated carbocycles. The van der Waals surface area contributed by atoms with Crippen LogP contribution in [0.4, 0.5) is 23.2 Å². The molecule has 2 aromatic carbocycles. The number of hydrogen-bond acceptors (Lipinski definition) is 2. The molecule has 0 atom stereocenters. The number of rotatable bonds is 2. The van der Waals surface area contributed by atoms with Gasteiger partial charge in [0.05, 0.1) is 11.3 Å². The molecule has 0 bridgehead atoms. The van der Waals surface area contributed by atoms with Crippen molar-refractivity contribution in [1.29, 1.82) is 0 Å². The van der Waals surface area contributed by atoms with E-state index in [0.717, 1.165) is 12.1 Å². The molecule has 0 aliphatic carbocycles. The van der Waals surface area contributed by atoms with Crippen LogP contribution in [0.15, 0.2) is 41.4 Å². The van der Waals surface area contributed by atoms with Crippen molar-refractivity contribution in [3.8, 4) is 5.75 Å². The van der Waals surface area contributed by atoms with Gasteiger partial charge in [-0.3, -0.25) is 4.99 Å². The lowest BCUT2D eigenvalue weighted by Crippen LogP contribution is -2.11. The van der Waals surface area contributed by atoms with Crippen LogP contribution in [0, 0.1) is 5.82 Å². The summed E-state index contributed by atoms with van der Waals surface area (Å²) in [4.78, 5) is 3.86. The van der Waals surface area contributed by atoms with E-state index in [1.807, 2.05) is 20.8 Å². The molecule has 1 N–H and O–H groups in total. The average Bonchev–Trinajstić information content (AvgIpc) is 2.45. The smallest absolute Gasteiger partial charge is 0.416 e. The van der Waals surface area contributed by atoms with Crippen LogP contribution in [0.1, 0.15) is 37.5 Å². The largest absolute Gasteiger partial charge is 0.507 e. The number of nitrogens with zero attached hydrogens (tertiary/aromatic N) is 1. The summed E-state index contributed by atoms with van der Waals surface area (Å²) in [5.74, 6) is -1.06. The third kappa shape index (κ3) is 3.93. The maximum Gasteiger partial charge on any atom is 0.416 e. The molecular weight excluding hydrogens is 322 g/mol. The van der Waals surface area contributed by atoms with Gasteiger partial charge in [0.15, 0.2) is 0 Å². The fraction of sp³-hybridized carbons (Fsp3) is 0.278. The Hall–Kier alpha value is -2.37. The van der Waals surface area contributed by atoms with E-state index < -0.39 is 17.6 Å². The van der Waals surface area contributed by atoms with E-state index in [1.54, 1.807) is 18.2 Å². The quantitative estimate of drug-likeness (QED) is 0.561. The molecule has 0 heterocycles. The first kappa shape index (κ1) is 18.0. The normalized spacial score (nSPS) is 12.8. The zero-order valence-corrected chi connectivity index (χ0v) is 13.4. The summed E-state index contributed by atoms with van der Waals surface area (Å²) in [6.07, 6.45) is -3.38. The van der Waals surface area contributed by atoms with E-state index >= 15 is 0 Å². The predicted molar refractivity (Wildman–Crippen MR) is 85.5 cm³/mol. The Morgan fingerprint density at radius 1 is 1.04 bits per heavy atom. The Morgan fingerprint density at radius 2 is 1.71 bits per heavy atom. The fourth-order valence-electron chi connectivity index (χ4n) is 2.20. The van der Waals surface area contributed by atoms with Crippen LogP contribution in [0.5, 0.6) is 5.75 Å². The molecular formula is C18H17F4NO. The van der Waals surface area contributed by atoms with Crippen molar-refractivity contribution in [2.45, 2.75) is 32.4 Å². The summed E-state index contributed by atoms with van der Waals surface area (Å²) in [6.45, 7) is 5.79. The van der Waals surface area contributed by atoms with Crippen LogP contribution in [0.3, 0.4) is 0 Å². The average molecular weight is 339 g/mol. The van der Waals surface area contributed by atoms with E-state index in [4.69, 9.17) is 0 Å². The molecule has 128 valence electrons. The molecule has 24 heavy (non-hydrogen) atoms. The van der Waals surface area contributed by atoms with E-state index in [1.165, 1.54) is 6.21 Å². The van der Waals surface area contributed by atoms with Crippen LogP contribution >= 0.6 is 0 Å². The van der Waals surface area contributed by atoms with E-state index in [2.05, 4.69) is 4.99 Å². The van der Waals surface area contributed by atoms with Crippen LogP contribution in [0.25, 0.3) is 0 Å². The van der Waals surface area contributed by atoms with Crippen LogP contribution in [-0.2, 0) is 11.6 Å². The van der Waals surface area contributed by atoms with Gasteiger partial charge in [-0.25, -0.2) is 4.39 Å². The van der Waals surface area contributed by atoms with Gasteiger partial charge in [-0.05, 0) is 35.2 Å². The molecule has 0 aliphatic heterocycles. The van der Waals surface area contributed by atoms with Gasteiger partial charge >= 0.3 is 6.18 Å². The third-order valence-corrected chi connectivity index (χ3v) is 3.49. The highest BCUT2D eigenvalue weighted by atomic mass is 19.4. The lowest BCUT2D eigenvalue weighted by molar-refractivity contribution is -0.137. The molecule has 2 aromatic rings. The van der Waals surface area contributed by atoms with Crippen molar-refractivity contribution >= 4 is 11.9 Å². The lowest BCUT2D eigenvalue weighted by Gasteiger charge is -2.21. The van der Waals surface area contributed by atoms with E-state index in [0.29, 0.717) is 17.2 Å². The molecule has 0 aromatic heterocycles. The number of aromatic hydroxyl groups is 1. The van der Waals surface area contributed by atoms with Gasteiger partial charge in [0.25, 0.3) is 0 Å². The molecule has 0 fully saturated rings. The lowest BCUT2D eigenvalue weighted by atomic mass is 9.85. The highest BCUT2D eigenvalue weighted by Gasteiger charge is 2.31. The number of phenols is 1. The second-order valence-corrected chi connectivity index (χ2v) is 6.42. The minimum atomic E-state index is -4.61. The Bertz CT molecular complexity index is 774. The van der Waals surface area contributed by atoms with Crippen molar-refractivity contribution in [3.05, 3.63) is 58.9 Å². The number of benzene rings is 2. The molecule has 2 nitrogen and oxygen atoms in total. The Balaban J connectivity index is 2.36. The highest BCUT2D eigenvalue weighted by Crippen LogP contribution is 2.34. The Kier molecular flexibility index (Phi) is 4.69. The first-order valence-corrected chi connectivity index (χ1v) is 7.23. The first-order chi connectivity index (χ1) is 11.0.